The third-order valence-corrected chi connectivity index (χ3v) is 8.81. The van der Waals surface area contributed by atoms with Crippen LogP contribution >= 0.6 is 35.0 Å². The molecule has 0 atom stereocenters. The van der Waals surface area contributed by atoms with E-state index >= 15 is 0 Å². The van der Waals surface area contributed by atoms with E-state index in [1.165, 1.54) is 22.5 Å². The fourth-order valence-corrected chi connectivity index (χ4v) is 6.03. The van der Waals surface area contributed by atoms with Gasteiger partial charge in [-0.1, -0.05) is 89.9 Å². The number of nitrogens with zero attached hydrogens (tertiary/aromatic N) is 2. The highest BCUT2D eigenvalue weighted by molar-refractivity contribution is 8.19. The predicted molar refractivity (Wildman–Crippen MR) is 177 cm³/mol. The van der Waals surface area contributed by atoms with Crippen LogP contribution in [0, 0.1) is 13.8 Å². The fourth-order valence-electron chi connectivity index (χ4n) is 4.68. The van der Waals surface area contributed by atoms with E-state index in [1.54, 1.807) is 17.0 Å². The van der Waals surface area contributed by atoms with Crippen molar-refractivity contribution in [1.29, 1.82) is 0 Å². The van der Waals surface area contributed by atoms with Gasteiger partial charge in [-0.25, -0.2) is 4.99 Å². The van der Waals surface area contributed by atoms with Crippen LogP contribution in [0.1, 0.15) is 22.3 Å². The zero-order valence-corrected chi connectivity index (χ0v) is 25.3. The summed E-state index contributed by atoms with van der Waals surface area (Å²) in [7, 11) is 0. The summed E-state index contributed by atoms with van der Waals surface area (Å²) in [6, 6.07) is 33.4. The van der Waals surface area contributed by atoms with Crippen LogP contribution < -0.4 is 9.64 Å². The maximum absolute atomic E-state index is 13.8. The van der Waals surface area contributed by atoms with Crippen LogP contribution in [0.2, 0.25) is 10.0 Å². The Labute approximate surface area is 259 Å². The van der Waals surface area contributed by atoms with E-state index in [4.69, 9.17) is 32.9 Å². The number of carbonyl (C=O) groups excluding carboxylic acids is 1. The fraction of sp³-hybridized carbons (Fsp3) is 0.0857. The van der Waals surface area contributed by atoms with Crippen molar-refractivity contribution in [3.8, 4) is 5.75 Å². The second kappa shape index (κ2) is 12.1. The van der Waals surface area contributed by atoms with Gasteiger partial charge in [-0.3, -0.25) is 9.69 Å². The zero-order valence-electron chi connectivity index (χ0n) is 23.0. The number of thioether (sulfide) groups is 1. The van der Waals surface area contributed by atoms with Crippen molar-refractivity contribution < 1.29 is 9.53 Å². The normalized spacial score (nSPS) is 15.2. The van der Waals surface area contributed by atoms with Gasteiger partial charge in [0.1, 0.15) is 12.4 Å². The molecule has 0 aliphatic carbocycles. The molecule has 0 N–H and O–H groups in total. The summed E-state index contributed by atoms with van der Waals surface area (Å²) in [5.41, 5.74) is 5.16. The molecule has 0 spiro atoms. The molecule has 4 nitrogen and oxygen atoms in total. The first-order chi connectivity index (χ1) is 20.4. The van der Waals surface area contributed by atoms with E-state index in [1.807, 2.05) is 86.7 Å². The molecule has 0 aromatic heterocycles. The number of carbonyl (C=O) groups is 1. The van der Waals surface area contributed by atoms with E-state index in [0.29, 0.717) is 38.1 Å². The number of aryl methyl sites for hydroxylation is 2. The number of hydrogen-bond donors (Lipinski definition) is 0. The number of aliphatic imine (C=N–C) groups is 1. The Balaban J connectivity index is 1.30. The molecule has 1 aliphatic rings. The molecule has 6 rings (SSSR count). The molecular weight excluding hydrogens is 583 g/mol. The third-order valence-electron chi connectivity index (χ3n) is 7.03. The summed E-state index contributed by atoms with van der Waals surface area (Å²) in [4.78, 5) is 20.7. The van der Waals surface area contributed by atoms with Crippen LogP contribution in [-0.4, -0.2) is 11.1 Å². The van der Waals surface area contributed by atoms with Crippen molar-refractivity contribution in [2.75, 3.05) is 4.90 Å². The molecule has 0 saturated carbocycles. The molecule has 1 saturated heterocycles. The Kier molecular flexibility index (Phi) is 8.07. The third kappa shape index (κ3) is 5.95. The molecule has 1 aliphatic heterocycles. The Morgan fingerprint density at radius 1 is 0.833 bits per heavy atom. The average Bonchev–Trinajstić information content (AvgIpc) is 3.29. The first kappa shape index (κ1) is 28.1. The number of amidine groups is 1. The van der Waals surface area contributed by atoms with Crippen LogP contribution in [0.5, 0.6) is 5.75 Å². The van der Waals surface area contributed by atoms with E-state index in [0.717, 1.165) is 28.0 Å². The van der Waals surface area contributed by atoms with E-state index in [-0.39, 0.29) is 5.91 Å². The summed E-state index contributed by atoms with van der Waals surface area (Å²) in [6.45, 7) is 4.30. The summed E-state index contributed by atoms with van der Waals surface area (Å²) < 4.78 is 6.19. The molecule has 208 valence electrons. The van der Waals surface area contributed by atoms with Gasteiger partial charge in [0.2, 0.25) is 0 Å². The molecule has 7 heteroatoms. The topological polar surface area (TPSA) is 41.9 Å². The Morgan fingerprint density at radius 2 is 1.57 bits per heavy atom. The van der Waals surface area contributed by atoms with E-state index in [9.17, 15) is 4.79 Å². The van der Waals surface area contributed by atoms with Crippen LogP contribution in [-0.2, 0) is 11.4 Å². The highest BCUT2D eigenvalue weighted by Crippen LogP contribution is 2.39. The Morgan fingerprint density at radius 3 is 2.38 bits per heavy atom. The molecule has 0 radical (unpaired) electrons. The molecule has 1 heterocycles. The van der Waals surface area contributed by atoms with Crippen LogP contribution in [0.3, 0.4) is 0 Å². The minimum atomic E-state index is -0.182. The smallest absolute Gasteiger partial charge is 0.271 e. The SMILES string of the molecule is Cc1ccc(N=C2S/C(=C\c3cccc(OCc4cccc5ccccc45)c3)C(=O)N2c2ccc(C)c(Cl)c2)cc1Cl. The van der Waals surface area contributed by atoms with Crippen LogP contribution in [0.4, 0.5) is 11.4 Å². The van der Waals surface area contributed by atoms with Gasteiger partial charge in [-0.15, -0.1) is 0 Å². The number of anilines is 1. The predicted octanol–water partition coefficient (Wildman–Crippen LogP) is 10.2. The summed E-state index contributed by atoms with van der Waals surface area (Å²) in [5, 5.41) is 4.07. The van der Waals surface area contributed by atoms with Gasteiger partial charge in [0.15, 0.2) is 5.17 Å². The largest absolute Gasteiger partial charge is 0.489 e. The van der Waals surface area contributed by atoms with Gasteiger partial charge < -0.3 is 4.74 Å². The first-order valence-corrected chi connectivity index (χ1v) is 15.0. The van der Waals surface area contributed by atoms with E-state index < -0.39 is 0 Å². The van der Waals surface area contributed by atoms with Gasteiger partial charge in [0, 0.05) is 10.0 Å². The average molecular weight is 610 g/mol. The number of halogens is 2. The number of rotatable bonds is 6. The van der Waals surface area contributed by atoms with Crippen molar-refractivity contribution in [2.45, 2.75) is 20.5 Å². The highest BCUT2D eigenvalue weighted by Gasteiger charge is 2.35. The van der Waals surface area contributed by atoms with Crippen molar-refractivity contribution in [3.05, 3.63) is 140 Å². The molecule has 0 unspecified atom stereocenters. The molecular formula is C35H26Cl2N2O2S. The number of benzene rings is 5. The lowest BCUT2D eigenvalue weighted by Crippen LogP contribution is -2.28. The minimum absolute atomic E-state index is 0.182. The second-order valence-electron chi connectivity index (χ2n) is 10.0. The molecule has 5 aromatic rings. The van der Waals surface area contributed by atoms with Crippen LogP contribution in [0.25, 0.3) is 16.8 Å². The van der Waals surface area contributed by atoms with Gasteiger partial charge in [-0.05, 0) is 101 Å². The van der Waals surface area contributed by atoms with Gasteiger partial charge >= 0.3 is 0 Å². The Hall–Kier alpha value is -4.03. The quantitative estimate of drug-likeness (QED) is 0.180. The lowest BCUT2D eigenvalue weighted by Gasteiger charge is -2.16. The van der Waals surface area contributed by atoms with E-state index in [2.05, 4.69) is 24.3 Å². The van der Waals surface area contributed by atoms with Crippen LogP contribution in [0.15, 0.2) is 113 Å². The standard InChI is InChI=1S/C35H26Cl2N2O2S/c1-22-13-15-27(19-31(22)36)38-35-39(28-16-14-23(2)32(37)20-28)34(40)33(42-35)18-24-7-5-11-29(17-24)41-21-26-10-6-9-25-8-3-4-12-30(25)26/h3-20H,21H2,1-2H3/b33-18-,38-35?. The second-order valence-corrected chi connectivity index (χ2v) is 11.8. The molecule has 5 aromatic carbocycles. The Bertz CT molecular complexity index is 1890. The van der Waals surface area contributed by atoms with Crippen molar-refractivity contribution >= 4 is 74.3 Å². The number of amides is 1. The maximum atomic E-state index is 13.8. The minimum Gasteiger partial charge on any atom is -0.489 e. The number of hydrogen-bond acceptors (Lipinski definition) is 4. The molecule has 42 heavy (non-hydrogen) atoms. The lowest BCUT2D eigenvalue weighted by atomic mass is 10.1. The van der Waals surface area contributed by atoms with Gasteiger partial charge in [-0.2, -0.15) is 0 Å². The molecule has 1 amide bonds. The van der Waals surface area contributed by atoms with Crippen molar-refractivity contribution in [3.63, 3.8) is 0 Å². The maximum Gasteiger partial charge on any atom is 0.271 e. The van der Waals surface area contributed by atoms with Crippen molar-refractivity contribution in [1.82, 2.24) is 0 Å². The van der Waals surface area contributed by atoms with Crippen molar-refractivity contribution in [2.24, 2.45) is 4.99 Å². The zero-order chi connectivity index (χ0) is 29.2. The van der Waals surface area contributed by atoms with Gasteiger partial charge in [0.25, 0.3) is 5.91 Å². The number of ether oxygens (including phenoxy) is 1. The summed E-state index contributed by atoms with van der Waals surface area (Å²) in [6.07, 6.45) is 1.87. The molecule has 0 bridgehead atoms. The lowest BCUT2D eigenvalue weighted by molar-refractivity contribution is -0.113. The molecule has 1 fully saturated rings. The summed E-state index contributed by atoms with van der Waals surface area (Å²) in [5.74, 6) is 0.539. The van der Waals surface area contributed by atoms with Gasteiger partial charge in [0.05, 0.1) is 16.3 Å². The monoisotopic (exact) mass is 608 g/mol. The first-order valence-electron chi connectivity index (χ1n) is 13.4. The number of fused-ring (bicyclic) bond motifs is 1. The summed E-state index contributed by atoms with van der Waals surface area (Å²) >= 11 is 14.1. The highest BCUT2D eigenvalue weighted by atomic mass is 35.5.